The summed E-state index contributed by atoms with van der Waals surface area (Å²) in [5.74, 6) is 0.958. The fraction of sp³-hybridized carbons (Fsp3) is 0.562. The van der Waals surface area contributed by atoms with Crippen LogP contribution in [0.15, 0.2) is 18.2 Å². The van der Waals surface area contributed by atoms with Crippen molar-refractivity contribution in [2.45, 2.75) is 45.4 Å². The van der Waals surface area contributed by atoms with Crippen molar-refractivity contribution in [2.75, 3.05) is 14.2 Å². The molecule has 0 N–H and O–H groups in total. The van der Waals surface area contributed by atoms with Crippen LogP contribution in [0, 0.1) is 0 Å². The Morgan fingerprint density at radius 2 is 1.95 bits per heavy atom. The molecule has 106 valence electrons. The molecule has 0 aliphatic rings. The molecule has 0 aromatic heterocycles. The third-order valence-corrected chi connectivity index (χ3v) is 3.78. The average Bonchev–Trinajstić information content (AvgIpc) is 2.44. The van der Waals surface area contributed by atoms with E-state index in [1.165, 1.54) is 12.7 Å². The van der Waals surface area contributed by atoms with Crippen LogP contribution in [0.3, 0.4) is 0 Å². The lowest BCUT2D eigenvalue weighted by molar-refractivity contribution is -0.146. The van der Waals surface area contributed by atoms with Crippen molar-refractivity contribution in [3.05, 3.63) is 29.3 Å². The number of benzene rings is 1. The van der Waals surface area contributed by atoms with Crippen molar-refractivity contribution < 1.29 is 14.3 Å². The summed E-state index contributed by atoms with van der Waals surface area (Å²) in [6.07, 6.45) is 1.07. The Morgan fingerprint density at radius 1 is 1.32 bits per heavy atom. The van der Waals surface area contributed by atoms with Gasteiger partial charge in [0, 0.05) is 5.56 Å². The fourth-order valence-corrected chi connectivity index (χ4v) is 2.13. The first-order chi connectivity index (χ1) is 8.88. The number of ether oxygens (including phenoxy) is 2. The molecule has 0 saturated heterocycles. The average molecular weight is 264 g/mol. The van der Waals surface area contributed by atoms with Gasteiger partial charge in [0.05, 0.1) is 19.6 Å². The van der Waals surface area contributed by atoms with Crippen molar-refractivity contribution >= 4 is 5.97 Å². The van der Waals surface area contributed by atoms with E-state index < -0.39 is 5.41 Å². The molecule has 19 heavy (non-hydrogen) atoms. The van der Waals surface area contributed by atoms with Crippen molar-refractivity contribution in [3.8, 4) is 5.75 Å². The Balaban J connectivity index is 3.26. The molecule has 3 nitrogen and oxygen atoms in total. The van der Waals surface area contributed by atoms with Crippen LogP contribution in [0.4, 0.5) is 0 Å². The quantitative estimate of drug-likeness (QED) is 0.761. The fourth-order valence-electron chi connectivity index (χ4n) is 2.13. The number of hydrogen-bond donors (Lipinski definition) is 0. The molecule has 0 bridgehead atoms. The first-order valence-electron chi connectivity index (χ1n) is 6.65. The van der Waals surface area contributed by atoms with Crippen molar-refractivity contribution in [2.24, 2.45) is 0 Å². The second kappa shape index (κ2) is 6.09. The zero-order valence-corrected chi connectivity index (χ0v) is 12.7. The summed E-state index contributed by atoms with van der Waals surface area (Å²) < 4.78 is 10.3. The zero-order valence-electron chi connectivity index (χ0n) is 12.7. The van der Waals surface area contributed by atoms with Crippen LogP contribution in [0.1, 0.15) is 51.2 Å². The van der Waals surface area contributed by atoms with Gasteiger partial charge in [-0.15, -0.1) is 0 Å². The van der Waals surface area contributed by atoms with Gasteiger partial charge in [-0.3, -0.25) is 4.79 Å². The highest BCUT2D eigenvalue weighted by atomic mass is 16.5. The molecule has 0 radical (unpaired) electrons. The summed E-state index contributed by atoms with van der Waals surface area (Å²) >= 11 is 0. The SMILES string of the molecule is CCC(C)c1ccc(C(C)(C)C(=O)OC)c(OC)c1. The van der Waals surface area contributed by atoms with Crippen LogP contribution >= 0.6 is 0 Å². The third-order valence-electron chi connectivity index (χ3n) is 3.78. The summed E-state index contributed by atoms with van der Waals surface area (Å²) in [4.78, 5) is 11.9. The largest absolute Gasteiger partial charge is 0.496 e. The normalized spacial score (nSPS) is 12.9. The van der Waals surface area contributed by atoms with Gasteiger partial charge >= 0.3 is 5.97 Å². The summed E-state index contributed by atoms with van der Waals surface area (Å²) in [5, 5.41) is 0. The molecule has 0 amide bonds. The lowest BCUT2D eigenvalue weighted by Gasteiger charge is -2.25. The van der Waals surface area contributed by atoms with E-state index >= 15 is 0 Å². The predicted molar refractivity (Wildman–Crippen MR) is 76.7 cm³/mol. The van der Waals surface area contributed by atoms with E-state index in [9.17, 15) is 4.79 Å². The lowest BCUT2D eigenvalue weighted by atomic mass is 9.82. The summed E-state index contributed by atoms with van der Waals surface area (Å²) in [5.41, 5.74) is 1.37. The van der Waals surface area contributed by atoms with Gasteiger partial charge < -0.3 is 9.47 Å². The number of esters is 1. The standard InChI is InChI=1S/C16H24O3/c1-7-11(2)12-8-9-13(14(10-12)18-5)16(3,4)15(17)19-6/h8-11H,7H2,1-6H3. The minimum Gasteiger partial charge on any atom is -0.496 e. The second-order valence-corrected chi connectivity index (χ2v) is 5.39. The monoisotopic (exact) mass is 264 g/mol. The molecule has 1 rings (SSSR count). The van der Waals surface area contributed by atoms with Crippen LogP contribution in [-0.4, -0.2) is 20.2 Å². The van der Waals surface area contributed by atoms with E-state index in [-0.39, 0.29) is 5.97 Å². The third kappa shape index (κ3) is 3.09. The highest BCUT2D eigenvalue weighted by Crippen LogP contribution is 2.35. The molecule has 0 fully saturated rings. The molecule has 1 atom stereocenters. The number of methoxy groups -OCH3 is 2. The lowest BCUT2D eigenvalue weighted by Crippen LogP contribution is -2.30. The Labute approximate surface area is 115 Å². The van der Waals surface area contributed by atoms with E-state index in [1.54, 1.807) is 7.11 Å². The second-order valence-electron chi connectivity index (χ2n) is 5.39. The number of hydrogen-bond acceptors (Lipinski definition) is 3. The highest BCUT2D eigenvalue weighted by Gasteiger charge is 2.33. The van der Waals surface area contributed by atoms with E-state index in [2.05, 4.69) is 19.9 Å². The first-order valence-corrected chi connectivity index (χ1v) is 6.65. The van der Waals surface area contributed by atoms with Gasteiger partial charge in [0.25, 0.3) is 0 Å². The molecule has 0 heterocycles. The number of carbonyl (C=O) groups is 1. The Bertz CT molecular complexity index is 449. The van der Waals surface area contributed by atoms with Crippen LogP contribution in [0.2, 0.25) is 0 Å². The molecule has 0 aliphatic heterocycles. The molecule has 0 aliphatic carbocycles. The van der Waals surface area contributed by atoms with Crippen molar-refractivity contribution in [1.29, 1.82) is 0 Å². The summed E-state index contributed by atoms with van der Waals surface area (Å²) in [7, 11) is 3.04. The molecule has 1 aromatic rings. The van der Waals surface area contributed by atoms with E-state index in [0.717, 1.165) is 17.7 Å². The van der Waals surface area contributed by atoms with Crippen LogP contribution in [0.25, 0.3) is 0 Å². The van der Waals surface area contributed by atoms with Gasteiger partial charge in [-0.2, -0.15) is 0 Å². The van der Waals surface area contributed by atoms with E-state index in [0.29, 0.717) is 5.92 Å². The van der Waals surface area contributed by atoms with Gasteiger partial charge in [-0.05, 0) is 37.8 Å². The van der Waals surface area contributed by atoms with Crippen LogP contribution in [-0.2, 0) is 14.9 Å². The molecule has 0 saturated carbocycles. The molecule has 3 heteroatoms. The Morgan fingerprint density at radius 3 is 2.42 bits per heavy atom. The van der Waals surface area contributed by atoms with Gasteiger partial charge in [0.1, 0.15) is 5.75 Å². The zero-order chi connectivity index (χ0) is 14.6. The van der Waals surface area contributed by atoms with E-state index in [1.807, 2.05) is 26.0 Å². The minimum atomic E-state index is -0.714. The van der Waals surface area contributed by atoms with Crippen molar-refractivity contribution in [3.63, 3.8) is 0 Å². The predicted octanol–water partition coefficient (Wildman–Crippen LogP) is 3.66. The molecule has 1 aromatic carbocycles. The summed E-state index contributed by atoms with van der Waals surface area (Å²) in [6.45, 7) is 8.03. The maximum atomic E-state index is 11.9. The maximum Gasteiger partial charge on any atom is 0.315 e. The van der Waals surface area contributed by atoms with Gasteiger partial charge in [0.15, 0.2) is 0 Å². The van der Waals surface area contributed by atoms with Crippen LogP contribution in [0.5, 0.6) is 5.75 Å². The Hall–Kier alpha value is -1.51. The molecule has 0 spiro atoms. The highest BCUT2D eigenvalue weighted by molar-refractivity contribution is 5.83. The molecular weight excluding hydrogens is 240 g/mol. The Kier molecular flexibility index (Phi) is 4.98. The molecule has 1 unspecified atom stereocenters. The first kappa shape index (κ1) is 15.5. The topological polar surface area (TPSA) is 35.5 Å². The maximum absolute atomic E-state index is 11.9. The molecular formula is C16H24O3. The van der Waals surface area contributed by atoms with Gasteiger partial charge in [-0.25, -0.2) is 0 Å². The van der Waals surface area contributed by atoms with Crippen LogP contribution < -0.4 is 4.74 Å². The summed E-state index contributed by atoms with van der Waals surface area (Å²) in [6, 6.07) is 6.06. The van der Waals surface area contributed by atoms with E-state index in [4.69, 9.17) is 9.47 Å². The smallest absolute Gasteiger partial charge is 0.315 e. The van der Waals surface area contributed by atoms with Gasteiger partial charge in [0.2, 0.25) is 0 Å². The van der Waals surface area contributed by atoms with Gasteiger partial charge in [-0.1, -0.05) is 26.0 Å². The number of rotatable bonds is 5. The number of carbonyl (C=O) groups excluding carboxylic acids is 1. The van der Waals surface area contributed by atoms with Crippen molar-refractivity contribution in [1.82, 2.24) is 0 Å². The minimum absolute atomic E-state index is 0.262.